The molecule has 0 aliphatic heterocycles. The first-order chi connectivity index (χ1) is 7.99. The van der Waals surface area contributed by atoms with Gasteiger partial charge in [0.1, 0.15) is 5.82 Å². The maximum atomic E-state index is 13.5. The van der Waals surface area contributed by atoms with Gasteiger partial charge in [-0.2, -0.15) is 0 Å². The number of rotatable bonds is 4. The van der Waals surface area contributed by atoms with E-state index in [1.54, 1.807) is 0 Å². The van der Waals surface area contributed by atoms with Crippen molar-refractivity contribution < 1.29 is 4.39 Å². The van der Waals surface area contributed by atoms with Gasteiger partial charge < -0.3 is 10.6 Å². The third kappa shape index (κ3) is 2.83. The Bertz CT molecular complexity index is 416. The molecule has 2 N–H and O–H groups in total. The molecule has 4 heteroatoms. The summed E-state index contributed by atoms with van der Waals surface area (Å²) in [6, 6.07) is 3.24. The summed E-state index contributed by atoms with van der Waals surface area (Å²) in [7, 11) is 0. The number of anilines is 2. The molecule has 94 valence electrons. The molecule has 1 aromatic carbocycles. The van der Waals surface area contributed by atoms with E-state index in [0.717, 1.165) is 18.2 Å². The first-order valence-corrected chi connectivity index (χ1v) is 6.38. The molecule has 1 aliphatic rings. The summed E-state index contributed by atoms with van der Waals surface area (Å²) in [6.07, 6.45) is 2.53. The Balaban J connectivity index is 2.30. The van der Waals surface area contributed by atoms with Crippen LogP contribution >= 0.6 is 11.6 Å². The summed E-state index contributed by atoms with van der Waals surface area (Å²) < 4.78 is 13.5. The molecule has 17 heavy (non-hydrogen) atoms. The smallest absolute Gasteiger partial charge is 0.144 e. The predicted octanol–water partition coefficient (Wildman–Crippen LogP) is 3.69. The lowest BCUT2D eigenvalue weighted by Gasteiger charge is -2.30. The van der Waals surface area contributed by atoms with Crippen molar-refractivity contribution >= 4 is 23.0 Å². The standard InChI is InChI=1S/C13H18ClFN2/c1-8(2)17(7-9-3-4-9)13-6-11(15)10(14)5-12(13)16/h5-6,8-9H,3-4,7,16H2,1-2H3. The molecule has 1 saturated carbocycles. The highest BCUT2D eigenvalue weighted by Gasteiger charge is 2.26. The SMILES string of the molecule is CC(C)N(CC1CC1)c1cc(F)c(Cl)cc1N. The minimum Gasteiger partial charge on any atom is -0.397 e. The Hall–Kier alpha value is -0.960. The average Bonchev–Trinajstić information content (AvgIpc) is 3.04. The largest absolute Gasteiger partial charge is 0.397 e. The minimum absolute atomic E-state index is 0.0846. The van der Waals surface area contributed by atoms with E-state index in [9.17, 15) is 4.39 Å². The first kappa shape index (κ1) is 12.5. The monoisotopic (exact) mass is 256 g/mol. The van der Waals surface area contributed by atoms with Crippen LogP contribution in [0.4, 0.5) is 15.8 Å². The van der Waals surface area contributed by atoms with E-state index in [2.05, 4.69) is 18.7 Å². The molecule has 1 aromatic rings. The van der Waals surface area contributed by atoms with Crippen molar-refractivity contribution in [3.63, 3.8) is 0 Å². The van der Waals surface area contributed by atoms with Crippen LogP contribution in [0.1, 0.15) is 26.7 Å². The predicted molar refractivity (Wildman–Crippen MR) is 71.0 cm³/mol. The third-order valence-electron chi connectivity index (χ3n) is 3.15. The maximum absolute atomic E-state index is 13.5. The first-order valence-electron chi connectivity index (χ1n) is 6.00. The highest BCUT2D eigenvalue weighted by atomic mass is 35.5. The molecule has 2 rings (SSSR count). The normalized spacial score (nSPS) is 15.4. The van der Waals surface area contributed by atoms with Crippen LogP contribution in [0, 0.1) is 11.7 Å². The lowest BCUT2D eigenvalue weighted by molar-refractivity contribution is 0.617. The van der Waals surface area contributed by atoms with Crippen LogP contribution < -0.4 is 10.6 Å². The Morgan fingerprint density at radius 1 is 1.47 bits per heavy atom. The molecule has 0 heterocycles. The van der Waals surface area contributed by atoms with Crippen molar-refractivity contribution in [2.45, 2.75) is 32.7 Å². The quantitative estimate of drug-likeness (QED) is 0.833. The number of hydrogen-bond donors (Lipinski definition) is 1. The number of benzene rings is 1. The van der Waals surface area contributed by atoms with Crippen LogP contribution in [0.15, 0.2) is 12.1 Å². The van der Waals surface area contributed by atoms with Crippen LogP contribution in [0.2, 0.25) is 5.02 Å². The van der Waals surface area contributed by atoms with E-state index >= 15 is 0 Å². The molecule has 0 atom stereocenters. The van der Waals surface area contributed by atoms with Gasteiger partial charge in [0.15, 0.2) is 0 Å². The summed E-state index contributed by atoms with van der Waals surface area (Å²) in [5.74, 6) is 0.327. The fraction of sp³-hybridized carbons (Fsp3) is 0.538. The lowest BCUT2D eigenvalue weighted by Crippen LogP contribution is -2.33. The second-order valence-corrected chi connectivity index (χ2v) is 5.42. The van der Waals surface area contributed by atoms with Crippen molar-refractivity contribution in [3.05, 3.63) is 23.0 Å². The van der Waals surface area contributed by atoms with Gasteiger partial charge in [-0.3, -0.25) is 0 Å². The fourth-order valence-electron chi connectivity index (χ4n) is 1.97. The summed E-state index contributed by atoms with van der Waals surface area (Å²) in [4.78, 5) is 2.16. The molecule has 2 nitrogen and oxygen atoms in total. The number of halogens is 2. The van der Waals surface area contributed by atoms with Crippen LogP contribution in [0.5, 0.6) is 0 Å². The highest BCUT2D eigenvalue weighted by molar-refractivity contribution is 6.31. The second-order valence-electron chi connectivity index (χ2n) is 5.01. The van der Waals surface area contributed by atoms with Gasteiger partial charge >= 0.3 is 0 Å². The van der Waals surface area contributed by atoms with E-state index in [1.807, 2.05) is 0 Å². The molecular weight excluding hydrogens is 239 g/mol. The van der Waals surface area contributed by atoms with E-state index in [0.29, 0.717) is 11.7 Å². The van der Waals surface area contributed by atoms with Gasteiger partial charge in [-0.05, 0) is 38.7 Å². The fourth-order valence-corrected chi connectivity index (χ4v) is 2.14. The molecule has 1 fully saturated rings. The van der Waals surface area contributed by atoms with Gasteiger partial charge in [0.2, 0.25) is 0 Å². The van der Waals surface area contributed by atoms with Gasteiger partial charge in [0, 0.05) is 18.7 Å². The van der Waals surface area contributed by atoms with Crippen LogP contribution in [-0.2, 0) is 0 Å². The Morgan fingerprint density at radius 3 is 2.65 bits per heavy atom. The van der Waals surface area contributed by atoms with Crippen LogP contribution in [-0.4, -0.2) is 12.6 Å². The molecule has 0 saturated heterocycles. The van der Waals surface area contributed by atoms with Crippen LogP contribution in [0.25, 0.3) is 0 Å². The molecule has 0 unspecified atom stereocenters. The zero-order valence-electron chi connectivity index (χ0n) is 10.2. The van der Waals surface area contributed by atoms with E-state index in [1.165, 1.54) is 25.0 Å². The Kier molecular flexibility index (Phi) is 3.48. The summed E-state index contributed by atoms with van der Waals surface area (Å²) >= 11 is 5.71. The third-order valence-corrected chi connectivity index (χ3v) is 3.44. The van der Waals surface area contributed by atoms with E-state index in [-0.39, 0.29) is 5.02 Å². The van der Waals surface area contributed by atoms with E-state index in [4.69, 9.17) is 17.3 Å². The van der Waals surface area contributed by atoms with Crippen molar-refractivity contribution in [2.24, 2.45) is 5.92 Å². The highest BCUT2D eigenvalue weighted by Crippen LogP contribution is 2.35. The number of nitrogen functional groups attached to an aromatic ring is 1. The number of nitrogens with two attached hydrogens (primary N) is 1. The number of nitrogens with zero attached hydrogens (tertiary/aromatic N) is 1. The van der Waals surface area contributed by atoms with Crippen molar-refractivity contribution in [2.75, 3.05) is 17.2 Å². The van der Waals surface area contributed by atoms with Crippen molar-refractivity contribution in [3.8, 4) is 0 Å². The molecular formula is C13H18ClFN2. The molecule has 0 spiro atoms. The van der Waals surface area contributed by atoms with Gasteiger partial charge in [-0.15, -0.1) is 0 Å². The van der Waals surface area contributed by atoms with Gasteiger partial charge in [-0.1, -0.05) is 11.6 Å². The Labute approximate surface area is 107 Å². The molecule has 0 aromatic heterocycles. The molecule has 0 bridgehead atoms. The maximum Gasteiger partial charge on any atom is 0.144 e. The molecule has 0 amide bonds. The molecule has 0 radical (unpaired) electrons. The minimum atomic E-state index is -0.405. The van der Waals surface area contributed by atoms with E-state index < -0.39 is 5.82 Å². The number of hydrogen-bond acceptors (Lipinski definition) is 2. The zero-order chi connectivity index (χ0) is 12.6. The zero-order valence-corrected chi connectivity index (χ0v) is 11.0. The van der Waals surface area contributed by atoms with Crippen molar-refractivity contribution in [1.29, 1.82) is 0 Å². The van der Waals surface area contributed by atoms with Crippen LogP contribution in [0.3, 0.4) is 0 Å². The summed E-state index contributed by atoms with van der Waals surface area (Å²) in [5, 5.41) is 0.0846. The van der Waals surface area contributed by atoms with Gasteiger partial charge in [0.25, 0.3) is 0 Å². The Morgan fingerprint density at radius 2 is 2.12 bits per heavy atom. The summed E-state index contributed by atoms with van der Waals surface area (Å²) in [5.41, 5.74) is 7.24. The topological polar surface area (TPSA) is 29.3 Å². The van der Waals surface area contributed by atoms with Crippen molar-refractivity contribution in [1.82, 2.24) is 0 Å². The van der Waals surface area contributed by atoms with Gasteiger partial charge in [-0.25, -0.2) is 4.39 Å². The lowest BCUT2D eigenvalue weighted by atomic mass is 10.2. The second kappa shape index (κ2) is 4.73. The summed E-state index contributed by atoms with van der Waals surface area (Å²) in [6.45, 7) is 5.13. The molecule has 1 aliphatic carbocycles. The van der Waals surface area contributed by atoms with Gasteiger partial charge in [0.05, 0.1) is 16.4 Å². The average molecular weight is 257 g/mol.